The van der Waals surface area contributed by atoms with Crippen LogP contribution in [0.3, 0.4) is 0 Å². The average molecular weight is 576 g/mol. The number of nitriles is 2. The van der Waals surface area contributed by atoms with Crippen LogP contribution in [-0.4, -0.2) is 29.2 Å². The highest BCUT2D eigenvalue weighted by Crippen LogP contribution is 2.37. The van der Waals surface area contributed by atoms with Gasteiger partial charge in [0.25, 0.3) is 0 Å². The predicted molar refractivity (Wildman–Crippen MR) is 152 cm³/mol. The molecule has 8 nitrogen and oxygen atoms in total. The summed E-state index contributed by atoms with van der Waals surface area (Å²) < 4.78 is 10.6. The van der Waals surface area contributed by atoms with Gasteiger partial charge in [-0.15, -0.1) is 11.3 Å². The molecule has 0 aliphatic carbocycles. The Hall–Kier alpha value is -4.09. The molecule has 4 rings (SSSR count). The van der Waals surface area contributed by atoms with Crippen molar-refractivity contribution in [3.63, 3.8) is 0 Å². The highest BCUT2D eigenvalue weighted by molar-refractivity contribution is 7.98. The average Bonchev–Trinajstić information content (AvgIpc) is 3.43. The molecule has 11 heteroatoms. The van der Waals surface area contributed by atoms with Crippen LogP contribution in [0.15, 0.2) is 58.9 Å². The predicted octanol–water partition coefficient (Wildman–Crippen LogP) is 6.48. The van der Waals surface area contributed by atoms with Crippen molar-refractivity contribution in [3.05, 3.63) is 75.8 Å². The summed E-state index contributed by atoms with van der Waals surface area (Å²) in [5.41, 5.74) is 9.39. The third-order valence-corrected chi connectivity index (χ3v) is 7.66. The number of nitrogens with zero attached hydrogens (tertiary/aromatic N) is 4. The molecule has 2 N–H and O–H groups in total. The molecule has 39 heavy (non-hydrogen) atoms. The molecule has 196 valence electrons. The summed E-state index contributed by atoms with van der Waals surface area (Å²) in [5.74, 6) is 0.779. The number of rotatable bonds is 10. The van der Waals surface area contributed by atoms with Gasteiger partial charge in [-0.05, 0) is 29.8 Å². The van der Waals surface area contributed by atoms with E-state index in [1.165, 1.54) is 23.1 Å². The number of nitrogens with two attached hydrogens (primary N) is 1. The number of carbonyl (C=O) groups excluding carboxylic acids is 1. The number of thioether (sulfide) groups is 1. The summed E-state index contributed by atoms with van der Waals surface area (Å²) in [5, 5.41) is 23.8. The van der Waals surface area contributed by atoms with Crippen LogP contribution >= 0.6 is 34.7 Å². The number of benzene rings is 2. The van der Waals surface area contributed by atoms with E-state index in [1.54, 1.807) is 31.2 Å². The van der Waals surface area contributed by atoms with Crippen LogP contribution in [0.4, 0.5) is 5.82 Å². The molecule has 0 unspecified atom stereocenters. The minimum absolute atomic E-state index is 0.0483. The monoisotopic (exact) mass is 575 g/mol. The first kappa shape index (κ1) is 27.9. The number of hydrogen-bond donors (Lipinski definition) is 1. The summed E-state index contributed by atoms with van der Waals surface area (Å²) in [7, 11) is 0. The van der Waals surface area contributed by atoms with Gasteiger partial charge in [0.1, 0.15) is 52.5 Å². The molecule has 0 radical (unpaired) electrons. The Balaban J connectivity index is 1.54. The highest BCUT2D eigenvalue weighted by Gasteiger charge is 2.21. The second-order valence-electron chi connectivity index (χ2n) is 8.04. The number of nitrogen functional groups attached to an aromatic ring is 1. The molecule has 0 atom stereocenters. The van der Waals surface area contributed by atoms with Crippen molar-refractivity contribution < 1.29 is 14.3 Å². The van der Waals surface area contributed by atoms with E-state index in [2.05, 4.69) is 17.1 Å². The van der Waals surface area contributed by atoms with Crippen molar-refractivity contribution in [2.45, 2.75) is 24.1 Å². The van der Waals surface area contributed by atoms with E-state index in [0.29, 0.717) is 39.1 Å². The van der Waals surface area contributed by atoms with Gasteiger partial charge < -0.3 is 15.2 Å². The highest BCUT2D eigenvalue weighted by atomic mass is 35.5. The largest absolute Gasteiger partial charge is 0.490 e. The number of anilines is 1. The lowest BCUT2D eigenvalue weighted by Gasteiger charge is -2.13. The quantitative estimate of drug-likeness (QED) is 0.128. The number of carbonyl (C=O) groups is 1. The van der Waals surface area contributed by atoms with E-state index >= 15 is 0 Å². The Morgan fingerprint density at radius 3 is 2.38 bits per heavy atom. The van der Waals surface area contributed by atoms with Gasteiger partial charge in [0.2, 0.25) is 0 Å². The van der Waals surface area contributed by atoms with Gasteiger partial charge in [-0.25, -0.2) is 9.97 Å². The summed E-state index contributed by atoms with van der Waals surface area (Å²) >= 11 is 8.83. The van der Waals surface area contributed by atoms with Crippen molar-refractivity contribution in [3.8, 4) is 39.6 Å². The maximum atomic E-state index is 11.2. The Morgan fingerprint density at radius 2 is 1.72 bits per heavy atom. The molecule has 0 bridgehead atoms. The van der Waals surface area contributed by atoms with Gasteiger partial charge in [-0.3, -0.25) is 4.79 Å². The van der Waals surface area contributed by atoms with Gasteiger partial charge >= 0.3 is 5.97 Å². The second kappa shape index (κ2) is 13.1. The van der Waals surface area contributed by atoms with E-state index in [1.807, 2.05) is 29.6 Å². The molecule has 0 saturated carbocycles. The molecule has 0 saturated heterocycles. The van der Waals surface area contributed by atoms with E-state index in [0.717, 1.165) is 16.3 Å². The van der Waals surface area contributed by atoms with Crippen LogP contribution in [0.1, 0.15) is 30.2 Å². The first-order valence-electron chi connectivity index (χ1n) is 11.8. The fourth-order valence-corrected chi connectivity index (χ4v) is 5.51. The molecule has 2 aromatic carbocycles. The summed E-state index contributed by atoms with van der Waals surface area (Å²) in [6, 6.07) is 18.7. The fourth-order valence-electron chi connectivity index (χ4n) is 3.57. The number of thiazole rings is 1. The van der Waals surface area contributed by atoms with Crippen LogP contribution < -0.4 is 10.5 Å². The molecule has 0 spiro atoms. The lowest BCUT2D eigenvalue weighted by Crippen LogP contribution is -2.11. The maximum Gasteiger partial charge on any atom is 0.305 e. The Kier molecular flexibility index (Phi) is 9.40. The van der Waals surface area contributed by atoms with Gasteiger partial charge in [0, 0.05) is 33.7 Å². The fraction of sp³-hybridized carbons (Fsp3) is 0.179. The van der Waals surface area contributed by atoms with Crippen LogP contribution in [0, 0.1) is 22.7 Å². The van der Waals surface area contributed by atoms with Gasteiger partial charge in [-0.2, -0.15) is 10.5 Å². The third kappa shape index (κ3) is 6.87. The van der Waals surface area contributed by atoms with Crippen molar-refractivity contribution in [2.24, 2.45) is 0 Å². The van der Waals surface area contributed by atoms with Crippen molar-refractivity contribution in [1.29, 1.82) is 10.5 Å². The minimum Gasteiger partial charge on any atom is -0.490 e. The van der Waals surface area contributed by atoms with Crippen LogP contribution in [0.25, 0.3) is 21.7 Å². The lowest BCUT2D eigenvalue weighted by atomic mass is 9.97. The molecular weight excluding hydrogens is 554 g/mol. The number of hydrogen-bond acceptors (Lipinski definition) is 10. The minimum atomic E-state index is -0.289. The first-order valence-corrected chi connectivity index (χ1v) is 14.0. The Labute approximate surface area is 239 Å². The first-order chi connectivity index (χ1) is 18.9. The molecule has 0 amide bonds. The molecular formula is C28H22ClN5O3S2. The van der Waals surface area contributed by atoms with Crippen molar-refractivity contribution in [1.82, 2.24) is 9.97 Å². The summed E-state index contributed by atoms with van der Waals surface area (Å²) in [6.45, 7) is 2.07. The van der Waals surface area contributed by atoms with Crippen molar-refractivity contribution >= 4 is 46.5 Å². The molecule has 0 fully saturated rings. The van der Waals surface area contributed by atoms with Gasteiger partial charge in [0.15, 0.2) is 0 Å². The van der Waals surface area contributed by atoms with E-state index in [-0.39, 0.29) is 36.1 Å². The van der Waals surface area contributed by atoms with Crippen molar-refractivity contribution in [2.75, 3.05) is 18.9 Å². The lowest BCUT2D eigenvalue weighted by molar-refractivity contribution is -0.143. The molecule has 0 aliphatic rings. The Bertz CT molecular complexity index is 1560. The standard InChI is InChI=1S/C28H22ClN5O3S2/c1-2-24(35)37-12-11-36-21-9-5-17(6-10-21)25-22(13-30)26(32)34-28(23(25)14-31)39-16-20-15-38-27(33-20)18-3-7-19(29)8-4-18/h3-10,15H,2,11-12,16H2,1H3,(H2,32,34). The maximum absolute atomic E-state index is 11.2. The van der Waals surface area contributed by atoms with Crippen LogP contribution in [-0.2, 0) is 15.3 Å². The SMILES string of the molecule is CCC(=O)OCCOc1ccc(-c2c(C#N)c(N)nc(SCc3csc(-c4ccc(Cl)cc4)n3)c2C#N)cc1. The third-order valence-electron chi connectivity index (χ3n) is 5.46. The van der Waals surface area contributed by atoms with Gasteiger partial charge in [-0.1, -0.05) is 54.6 Å². The number of ether oxygens (including phenoxy) is 2. The topological polar surface area (TPSA) is 135 Å². The smallest absolute Gasteiger partial charge is 0.305 e. The second-order valence-corrected chi connectivity index (χ2v) is 10.3. The van der Waals surface area contributed by atoms with E-state index in [9.17, 15) is 15.3 Å². The zero-order valence-corrected chi connectivity index (χ0v) is 23.2. The number of halogens is 1. The number of aromatic nitrogens is 2. The number of esters is 1. The molecule has 2 heterocycles. The van der Waals surface area contributed by atoms with E-state index in [4.69, 9.17) is 31.8 Å². The number of pyridine rings is 1. The van der Waals surface area contributed by atoms with Crippen LogP contribution in [0.2, 0.25) is 5.02 Å². The molecule has 2 aromatic heterocycles. The Morgan fingerprint density at radius 1 is 1.03 bits per heavy atom. The molecule has 0 aliphatic heterocycles. The zero-order valence-electron chi connectivity index (χ0n) is 20.8. The van der Waals surface area contributed by atoms with Gasteiger partial charge in [0.05, 0.1) is 11.3 Å². The van der Waals surface area contributed by atoms with E-state index < -0.39 is 0 Å². The summed E-state index contributed by atoms with van der Waals surface area (Å²) in [4.78, 5) is 20.3. The normalized spacial score (nSPS) is 10.5. The summed E-state index contributed by atoms with van der Waals surface area (Å²) in [6.07, 6.45) is 0.306. The van der Waals surface area contributed by atoms with Crippen LogP contribution in [0.5, 0.6) is 5.75 Å². The zero-order chi connectivity index (χ0) is 27.8. The molecule has 4 aromatic rings.